The number of ether oxygens (including phenoxy) is 1. The van der Waals surface area contributed by atoms with Crippen LogP contribution in [0.1, 0.15) is 16.8 Å². The zero-order valence-electron chi connectivity index (χ0n) is 9.23. The molecule has 0 spiro atoms. The molecule has 0 saturated carbocycles. The van der Waals surface area contributed by atoms with Gasteiger partial charge in [-0.15, -0.1) is 0 Å². The Labute approximate surface area is 93.5 Å². The Bertz CT molecular complexity index is 491. The minimum atomic E-state index is -0.153. The van der Waals surface area contributed by atoms with E-state index in [9.17, 15) is 0 Å². The van der Waals surface area contributed by atoms with Gasteiger partial charge in [0.25, 0.3) is 0 Å². The molecular weight excluding hydrogens is 206 g/mol. The summed E-state index contributed by atoms with van der Waals surface area (Å²) in [4.78, 5) is 3.94. The van der Waals surface area contributed by atoms with Crippen LogP contribution in [0.3, 0.4) is 0 Å². The summed E-state index contributed by atoms with van der Waals surface area (Å²) in [5.74, 6) is 0.675. The van der Waals surface area contributed by atoms with Gasteiger partial charge in [-0.3, -0.25) is 0 Å². The van der Waals surface area contributed by atoms with Crippen LogP contribution in [0.5, 0.6) is 11.8 Å². The number of hydrogen-bond donors (Lipinski definition) is 1. The molecule has 0 bridgehead atoms. The Morgan fingerprint density at radius 1 is 1.31 bits per heavy atom. The maximum atomic E-state index is 8.82. The number of aromatic nitrogens is 1. The molecule has 4 heteroatoms. The molecule has 0 atom stereocenters. The van der Waals surface area contributed by atoms with Crippen molar-refractivity contribution in [1.82, 2.24) is 4.98 Å². The fraction of sp³-hybridized carbons (Fsp3) is 0.250. The number of aliphatic hydroxyl groups is 1. The fourth-order valence-corrected chi connectivity index (χ4v) is 1.29. The Kier molecular flexibility index (Phi) is 2.92. The Hall–Kier alpha value is -1.81. The second-order valence-electron chi connectivity index (χ2n) is 3.61. The first-order valence-electron chi connectivity index (χ1n) is 4.99. The van der Waals surface area contributed by atoms with Crippen molar-refractivity contribution in [1.29, 1.82) is 0 Å². The first-order valence-corrected chi connectivity index (χ1v) is 4.99. The summed E-state index contributed by atoms with van der Waals surface area (Å²) in [6.07, 6.45) is 1.52. The van der Waals surface area contributed by atoms with Gasteiger partial charge >= 0.3 is 6.08 Å². The van der Waals surface area contributed by atoms with Crippen LogP contribution in [0.2, 0.25) is 0 Å². The maximum absolute atomic E-state index is 8.82. The maximum Gasteiger partial charge on any atom is 0.399 e. The predicted molar refractivity (Wildman–Crippen MR) is 58.4 cm³/mol. The van der Waals surface area contributed by atoms with Gasteiger partial charge in [0, 0.05) is 0 Å². The molecule has 0 amide bonds. The van der Waals surface area contributed by atoms with E-state index in [1.807, 2.05) is 32.0 Å². The zero-order valence-corrected chi connectivity index (χ0v) is 9.23. The van der Waals surface area contributed by atoms with Crippen LogP contribution in [0.25, 0.3) is 0 Å². The van der Waals surface area contributed by atoms with Crippen molar-refractivity contribution >= 4 is 0 Å². The third kappa shape index (κ3) is 2.23. The number of hydrogen-bond acceptors (Lipinski definition) is 4. The number of oxazole rings is 1. The van der Waals surface area contributed by atoms with Crippen molar-refractivity contribution in [2.75, 3.05) is 0 Å². The van der Waals surface area contributed by atoms with Gasteiger partial charge < -0.3 is 14.3 Å². The lowest BCUT2D eigenvalue weighted by molar-refractivity contribution is 0.276. The van der Waals surface area contributed by atoms with Crippen molar-refractivity contribution in [3.05, 3.63) is 41.3 Å². The quantitative estimate of drug-likeness (QED) is 0.862. The van der Waals surface area contributed by atoms with Crippen LogP contribution in [-0.4, -0.2) is 10.1 Å². The summed E-state index contributed by atoms with van der Waals surface area (Å²) < 4.78 is 10.4. The molecule has 84 valence electrons. The van der Waals surface area contributed by atoms with Crippen molar-refractivity contribution in [3.8, 4) is 11.8 Å². The lowest BCUT2D eigenvalue weighted by atomic mass is 10.1. The van der Waals surface area contributed by atoms with Gasteiger partial charge in [0.1, 0.15) is 17.7 Å². The lowest BCUT2D eigenvalue weighted by Gasteiger charge is -2.03. The molecule has 0 aliphatic carbocycles. The van der Waals surface area contributed by atoms with Crippen LogP contribution >= 0.6 is 0 Å². The van der Waals surface area contributed by atoms with Gasteiger partial charge in [0.15, 0.2) is 0 Å². The highest BCUT2D eigenvalue weighted by molar-refractivity contribution is 5.34. The normalized spacial score (nSPS) is 10.4. The number of aliphatic hydroxyl groups excluding tert-OH is 1. The molecule has 1 N–H and O–H groups in total. The van der Waals surface area contributed by atoms with E-state index in [-0.39, 0.29) is 12.7 Å². The average molecular weight is 219 g/mol. The molecule has 1 heterocycles. The third-order valence-electron chi connectivity index (χ3n) is 2.38. The molecular formula is C12H13NO3. The SMILES string of the molecule is Cc1ccc(Oc2nc(CO)co2)cc1C. The van der Waals surface area contributed by atoms with E-state index in [0.29, 0.717) is 11.4 Å². The molecule has 2 rings (SSSR count). The molecule has 4 nitrogen and oxygen atoms in total. The third-order valence-corrected chi connectivity index (χ3v) is 2.38. The molecule has 2 aromatic rings. The van der Waals surface area contributed by atoms with Crippen molar-refractivity contribution in [2.45, 2.75) is 20.5 Å². The summed E-state index contributed by atoms with van der Waals surface area (Å²) in [7, 11) is 0. The molecule has 1 aromatic heterocycles. The zero-order chi connectivity index (χ0) is 11.5. The fourth-order valence-electron chi connectivity index (χ4n) is 1.29. The van der Waals surface area contributed by atoms with E-state index in [0.717, 1.165) is 5.56 Å². The summed E-state index contributed by atoms with van der Waals surface area (Å²) >= 11 is 0. The highest BCUT2D eigenvalue weighted by atomic mass is 16.6. The van der Waals surface area contributed by atoms with E-state index in [1.54, 1.807) is 0 Å². The van der Waals surface area contributed by atoms with Gasteiger partial charge in [-0.05, 0) is 37.1 Å². The van der Waals surface area contributed by atoms with Gasteiger partial charge in [-0.1, -0.05) is 6.07 Å². The number of aryl methyl sites for hydroxylation is 2. The molecule has 0 saturated heterocycles. The second kappa shape index (κ2) is 4.37. The first kappa shape index (κ1) is 10.7. The molecule has 0 aliphatic rings. The van der Waals surface area contributed by atoms with Crippen LogP contribution in [-0.2, 0) is 6.61 Å². The van der Waals surface area contributed by atoms with Gasteiger partial charge in [-0.25, -0.2) is 0 Å². The Morgan fingerprint density at radius 2 is 2.12 bits per heavy atom. The van der Waals surface area contributed by atoms with Crippen molar-refractivity contribution in [2.24, 2.45) is 0 Å². The van der Waals surface area contributed by atoms with Crippen molar-refractivity contribution < 1.29 is 14.3 Å². The van der Waals surface area contributed by atoms with Gasteiger partial charge in [-0.2, -0.15) is 4.98 Å². The van der Waals surface area contributed by atoms with E-state index in [4.69, 9.17) is 14.3 Å². The standard InChI is InChI=1S/C12H13NO3/c1-8-3-4-11(5-9(8)2)16-12-13-10(6-14)7-15-12/h3-5,7,14H,6H2,1-2H3. The highest BCUT2D eigenvalue weighted by Gasteiger charge is 2.06. The number of nitrogens with zero attached hydrogens (tertiary/aromatic N) is 1. The topological polar surface area (TPSA) is 55.5 Å². The van der Waals surface area contributed by atoms with Crippen LogP contribution < -0.4 is 4.74 Å². The van der Waals surface area contributed by atoms with E-state index < -0.39 is 0 Å². The number of benzene rings is 1. The van der Waals surface area contributed by atoms with Crippen molar-refractivity contribution in [3.63, 3.8) is 0 Å². The van der Waals surface area contributed by atoms with Gasteiger partial charge in [0.05, 0.1) is 6.61 Å². The molecule has 16 heavy (non-hydrogen) atoms. The molecule has 0 aliphatic heterocycles. The highest BCUT2D eigenvalue weighted by Crippen LogP contribution is 2.22. The number of rotatable bonds is 3. The molecule has 0 radical (unpaired) electrons. The smallest absolute Gasteiger partial charge is 0.399 e. The van der Waals surface area contributed by atoms with Gasteiger partial charge in [0.2, 0.25) is 0 Å². The second-order valence-corrected chi connectivity index (χ2v) is 3.61. The Balaban J connectivity index is 2.17. The summed E-state index contributed by atoms with van der Waals surface area (Å²) in [5, 5.41) is 8.82. The molecule has 0 fully saturated rings. The minimum absolute atomic E-state index is 0.146. The van der Waals surface area contributed by atoms with Crippen LogP contribution in [0.15, 0.2) is 28.9 Å². The molecule has 1 aromatic carbocycles. The molecule has 0 unspecified atom stereocenters. The van der Waals surface area contributed by atoms with Crippen LogP contribution in [0.4, 0.5) is 0 Å². The minimum Gasteiger partial charge on any atom is -0.417 e. The summed E-state index contributed by atoms with van der Waals surface area (Å²) in [6.45, 7) is 3.89. The monoisotopic (exact) mass is 219 g/mol. The van der Waals surface area contributed by atoms with Crippen LogP contribution in [0, 0.1) is 13.8 Å². The summed E-state index contributed by atoms with van der Waals surface area (Å²) in [5.41, 5.74) is 2.81. The Morgan fingerprint density at radius 3 is 2.75 bits per heavy atom. The first-order chi connectivity index (χ1) is 7.69. The van der Waals surface area contributed by atoms with E-state index in [2.05, 4.69) is 4.98 Å². The summed E-state index contributed by atoms with van der Waals surface area (Å²) in [6, 6.07) is 5.74. The average Bonchev–Trinajstić information content (AvgIpc) is 2.71. The van der Waals surface area contributed by atoms with E-state index in [1.165, 1.54) is 11.8 Å². The van der Waals surface area contributed by atoms with E-state index >= 15 is 0 Å². The largest absolute Gasteiger partial charge is 0.417 e. The lowest BCUT2D eigenvalue weighted by Crippen LogP contribution is -1.88. The predicted octanol–water partition coefficient (Wildman–Crippen LogP) is 2.58.